The summed E-state index contributed by atoms with van der Waals surface area (Å²) in [4.78, 5) is 11.1. The Labute approximate surface area is 93.1 Å². The van der Waals surface area contributed by atoms with Gasteiger partial charge < -0.3 is 15.6 Å². The summed E-state index contributed by atoms with van der Waals surface area (Å²) in [5.41, 5.74) is 6.43. The van der Waals surface area contributed by atoms with E-state index in [1.54, 1.807) is 24.3 Å². The van der Waals surface area contributed by atoms with Crippen LogP contribution in [0.1, 0.15) is 17.2 Å². The Hall–Kier alpha value is -1.90. The van der Waals surface area contributed by atoms with E-state index < -0.39 is 18.1 Å². The van der Waals surface area contributed by atoms with Crippen LogP contribution in [0.2, 0.25) is 0 Å². The molecule has 0 aliphatic carbocycles. The Bertz CT molecular complexity index is 408. The summed E-state index contributed by atoms with van der Waals surface area (Å²) in [6, 6.07) is 7.01. The van der Waals surface area contributed by atoms with Crippen molar-refractivity contribution in [2.75, 3.05) is 7.11 Å². The smallest absolute Gasteiger partial charge is 0.325 e. The highest BCUT2D eigenvalue weighted by molar-refractivity contribution is 5.76. The van der Waals surface area contributed by atoms with Gasteiger partial charge in [0.25, 0.3) is 0 Å². The standard InChI is InChI=1S/C11H12N2O3/c1-16-11(15)9(13)10(14)8-4-2-7(6-12)3-5-8/h2-5,9-10,14H,13H2,1H3. The number of nitrogens with zero attached hydrogens (tertiary/aromatic N) is 1. The molecule has 0 aliphatic heterocycles. The number of benzene rings is 1. The minimum Gasteiger partial charge on any atom is -0.468 e. The molecule has 3 N–H and O–H groups in total. The average molecular weight is 220 g/mol. The third kappa shape index (κ3) is 2.57. The molecule has 1 aromatic carbocycles. The average Bonchev–Trinajstić information content (AvgIpc) is 2.36. The van der Waals surface area contributed by atoms with E-state index in [0.717, 1.165) is 0 Å². The van der Waals surface area contributed by atoms with Crippen LogP contribution in [-0.4, -0.2) is 24.2 Å². The lowest BCUT2D eigenvalue weighted by Crippen LogP contribution is -2.37. The third-order valence-corrected chi connectivity index (χ3v) is 2.19. The molecule has 0 saturated carbocycles. The molecule has 0 bridgehead atoms. The summed E-state index contributed by atoms with van der Waals surface area (Å²) in [7, 11) is 1.20. The van der Waals surface area contributed by atoms with Crippen LogP contribution < -0.4 is 5.73 Å². The normalized spacial score (nSPS) is 13.6. The minimum atomic E-state index is -1.14. The fraction of sp³-hybridized carbons (Fsp3) is 0.273. The van der Waals surface area contributed by atoms with Crippen LogP contribution in [0.3, 0.4) is 0 Å². The van der Waals surface area contributed by atoms with Crippen LogP contribution in [0.5, 0.6) is 0 Å². The van der Waals surface area contributed by atoms with E-state index in [9.17, 15) is 9.90 Å². The van der Waals surface area contributed by atoms with Gasteiger partial charge in [0, 0.05) is 0 Å². The van der Waals surface area contributed by atoms with Gasteiger partial charge in [-0.1, -0.05) is 12.1 Å². The Kier molecular flexibility index (Phi) is 4.00. The minimum absolute atomic E-state index is 0.469. The van der Waals surface area contributed by atoms with Crippen molar-refractivity contribution in [2.24, 2.45) is 5.73 Å². The van der Waals surface area contributed by atoms with Gasteiger partial charge in [0.1, 0.15) is 12.1 Å². The van der Waals surface area contributed by atoms with Crippen LogP contribution in [0, 0.1) is 11.3 Å². The van der Waals surface area contributed by atoms with E-state index in [-0.39, 0.29) is 0 Å². The summed E-state index contributed by atoms with van der Waals surface area (Å²) < 4.78 is 4.42. The molecule has 5 heteroatoms. The maximum Gasteiger partial charge on any atom is 0.325 e. The molecule has 0 saturated heterocycles. The molecule has 5 nitrogen and oxygen atoms in total. The first kappa shape index (κ1) is 12.2. The zero-order chi connectivity index (χ0) is 12.1. The van der Waals surface area contributed by atoms with Crippen molar-refractivity contribution in [3.8, 4) is 6.07 Å². The number of aliphatic hydroxyl groups is 1. The molecular formula is C11H12N2O3. The fourth-order valence-electron chi connectivity index (χ4n) is 1.23. The number of hydrogen-bond acceptors (Lipinski definition) is 5. The first-order valence-corrected chi connectivity index (χ1v) is 4.61. The summed E-state index contributed by atoms with van der Waals surface area (Å²) in [6.45, 7) is 0. The van der Waals surface area contributed by atoms with Gasteiger partial charge in [-0.15, -0.1) is 0 Å². The van der Waals surface area contributed by atoms with Crippen molar-refractivity contribution < 1.29 is 14.6 Å². The number of hydrogen-bond donors (Lipinski definition) is 2. The number of rotatable bonds is 3. The van der Waals surface area contributed by atoms with Gasteiger partial charge in [-0.05, 0) is 17.7 Å². The highest BCUT2D eigenvalue weighted by atomic mass is 16.5. The summed E-state index contributed by atoms with van der Waals surface area (Å²) in [6.07, 6.45) is -1.14. The quantitative estimate of drug-likeness (QED) is 0.704. The van der Waals surface area contributed by atoms with Crippen LogP contribution >= 0.6 is 0 Å². The maximum atomic E-state index is 11.1. The van der Waals surface area contributed by atoms with Crippen molar-refractivity contribution in [3.05, 3.63) is 35.4 Å². The highest BCUT2D eigenvalue weighted by Gasteiger charge is 2.24. The van der Waals surface area contributed by atoms with E-state index in [1.807, 2.05) is 6.07 Å². The highest BCUT2D eigenvalue weighted by Crippen LogP contribution is 2.16. The number of ether oxygens (including phenoxy) is 1. The van der Waals surface area contributed by atoms with E-state index in [1.165, 1.54) is 7.11 Å². The van der Waals surface area contributed by atoms with E-state index in [2.05, 4.69) is 4.74 Å². The van der Waals surface area contributed by atoms with Crippen LogP contribution in [-0.2, 0) is 9.53 Å². The van der Waals surface area contributed by atoms with Crippen molar-refractivity contribution >= 4 is 5.97 Å². The molecule has 0 aliphatic rings. The van der Waals surface area contributed by atoms with E-state index >= 15 is 0 Å². The van der Waals surface area contributed by atoms with Gasteiger partial charge in [0.05, 0.1) is 18.7 Å². The monoisotopic (exact) mass is 220 g/mol. The Morgan fingerprint density at radius 1 is 1.50 bits per heavy atom. The Morgan fingerprint density at radius 2 is 2.06 bits per heavy atom. The van der Waals surface area contributed by atoms with E-state index in [4.69, 9.17) is 11.0 Å². The second kappa shape index (κ2) is 5.26. The number of nitriles is 1. The lowest BCUT2D eigenvalue weighted by molar-refractivity contribution is -0.145. The van der Waals surface area contributed by atoms with Crippen LogP contribution in [0.25, 0.3) is 0 Å². The molecule has 2 unspecified atom stereocenters. The predicted molar refractivity (Wildman–Crippen MR) is 56.1 cm³/mol. The topological polar surface area (TPSA) is 96.3 Å². The molecule has 0 radical (unpaired) electrons. The lowest BCUT2D eigenvalue weighted by Gasteiger charge is -2.16. The summed E-state index contributed by atoms with van der Waals surface area (Å²) >= 11 is 0. The zero-order valence-corrected chi connectivity index (χ0v) is 8.75. The molecule has 84 valence electrons. The maximum absolute atomic E-state index is 11.1. The van der Waals surface area contributed by atoms with Crippen molar-refractivity contribution in [3.63, 3.8) is 0 Å². The Balaban J connectivity index is 2.84. The molecular weight excluding hydrogens is 208 g/mol. The largest absolute Gasteiger partial charge is 0.468 e. The van der Waals surface area contributed by atoms with Crippen molar-refractivity contribution in [1.82, 2.24) is 0 Å². The summed E-state index contributed by atoms with van der Waals surface area (Å²) in [5, 5.41) is 18.3. The number of nitrogens with two attached hydrogens (primary N) is 1. The van der Waals surface area contributed by atoms with Crippen LogP contribution in [0.15, 0.2) is 24.3 Å². The fourth-order valence-corrected chi connectivity index (χ4v) is 1.23. The number of carbonyl (C=O) groups excluding carboxylic acids is 1. The SMILES string of the molecule is COC(=O)C(N)C(O)c1ccc(C#N)cc1. The first-order valence-electron chi connectivity index (χ1n) is 4.61. The molecule has 0 aromatic heterocycles. The molecule has 0 amide bonds. The van der Waals surface area contributed by atoms with Gasteiger partial charge in [0.2, 0.25) is 0 Å². The third-order valence-electron chi connectivity index (χ3n) is 2.19. The van der Waals surface area contributed by atoms with Crippen LogP contribution in [0.4, 0.5) is 0 Å². The molecule has 16 heavy (non-hydrogen) atoms. The second-order valence-corrected chi connectivity index (χ2v) is 3.23. The van der Waals surface area contributed by atoms with Gasteiger partial charge in [0.15, 0.2) is 0 Å². The number of aliphatic hydroxyl groups excluding tert-OH is 1. The molecule has 0 heterocycles. The summed E-state index contributed by atoms with van der Waals surface area (Å²) in [5.74, 6) is -0.683. The van der Waals surface area contributed by atoms with Crippen molar-refractivity contribution in [2.45, 2.75) is 12.1 Å². The van der Waals surface area contributed by atoms with Crippen molar-refractivity contribution in [1.29, 1.82) is 5.26 Å². The zero-order valence-electron chi connectivity index (χ0n) is 8.75. The lowest BCUT2D eigenvalue weighted by atomic mass is 10.0. The predicted octanol–water partition coefficient (Wildman–Crippen LogP) is 0.0920. The number of carbonyl (C=O) groups is 1. The molecule has 1 rings (SSSR count). The van der Waals surface area contributed by atoms with E-state index in [0.29, 0.717) is 11.1 Å². The Morgan fingerprint density at radius 3 is 2.50 bits per heavy atom. The number of methoxy groups -OCH3 is 1. The molecule has 0 spiro atoms. The van der Waals surface area contributed by atoms with Gasteiger partial charge in [-0.3, -0.25) is 4.79 Å². The molecule has 1 aromatic rings. The van der Waals surface area contributed by atoms with Gasteiger partial charge in [-0.25, -0.2) is 0 Å². The molecule has 0 fully saturated rings. The second-order valence-electron chi connectivity index (χ2n) is 3.23. The first-order chi connectivity index (χ1) is 7.60. The molecule has 2 atom stereocenters. The van der Waals surface area contributed by atoms with Gasteiger partial charge >= 0.3 is 5.97 Å². The van der Waals surface area contributed by atoms with Gasteiger partial charge in [-0.2, -0.15) is 5.26 Å². The number of esters is 1.